The highest BCUT2D eigenvalue weighted by Gasteiger charge is 2.27. The number of nitrogens with one attached hydrogen (secondary N) is 2. The van der Waals surface area contributed by atoms with Crippen LogP contribution in [0.2, 0.25) is 0 Å². The number of aliphatic imine (C=N–C) groups is 1. The Hall–Kier alpha value is -1.07. The van der Waals surface area contributed by atoms with E-state index >= 15 is 0 Å². The Labute approximate surface area is 163 Å². The lowest BCUT2D eigenvalue weighted by atomic mass is 10.1. The Balaban J connectivity index is 0.00000576. The van der Waals surface area contributed by atoms with Crippen LogP contribution in [0.5, 0.6) is 0 Å². The molecule has 9 heteroatoms. The maximum absolute atomic E-state index is 12.0. The SMILES string of the molecule is CCOCCNC(=NC)NCc1ccc(COCC(F)(F)F)cc1.I. The van der Waals surface area contributed by atoms with Gasteiger partial charge in [-0.3, -0.25) is 4.99 Å². The summed E-state index contributed by atoms with van der Waals surface area (Å²) in [6.45, 7) is 3.12. The summed E-state index contributed by atoms with van der Waals surface area (Å²) in [5, 5.41) is 6.26. The molecule has 144 valence electrons. The molecule has 1 aromatic carbocycles. The molecule has 1 aromatic rings. The zero-order valence-corrected chi connectivity index (χ0v) is 16.7. The van der Waals surface area contributed by atoms with Crippen LogP contribution in [0, 0.1) is 0 Å². The van der Waals surface area contributed by atoms with E-state index in [1.165, 1.54) is 0 Å². The second-order valence-corrected chi connectivity index (χ2v) is 4.97. The number of hydrogen-bond acceptors (Lipinski definition) is 3. The number of ether oxygens (including phenoxy) is 2. The molecule has 0 aliphatic heterocycles. The second-order valence-electron chi connectivity index (χ2n) is 4.97. The van der Waals surface area contributed by atoms with E-state index in [0.29, 0.717) is 37.8 Å². The molecule has 2 N–H and O–H groups in total. The molecule has 0 aliphatic carbocycles. The van der Waals surface area contributed by atoms with Crippen molar-refractivity contribution < 1.29 is 22.6 Å². The van der Waals surface area contributed by atoms with Gasteiger partial charge in [0.2, 0.25) is 0 Å². The van der Waals surface area contributed by atoms with E-state index in [1.54, 1.807) is 19.2 Å². The van der Waals surface area contributed by atoms with Crippen LogP contribution in [0.15, 0.2) is 29.3 Å². The molecule has 1 rings (SSSR count). The van der Waals surface area contributed by atoms with Crippen molar-refractivity contribution in [3.63, 3.8) is 0 Å². The first-order valence-corrected chi connectivity index (χ1v) is 7.69. The summed E-state index contributed by atoms with van der Waals surface area (Å²) in [6, 6.07) is 7.18. The minimum atomic E-state index is -4.30. The standard InChI is InChI=1S/C16H24F3N3O2.HI/c1-3-23-9-8-21-15(20-2)22-10-13-4-6-14(7-5-13)11-24-12-16(17,18)19;/h4-7H,3,8-12H2,1-2H3,(H2,20,21,22);1H. The van der Waals surface area contributed by atoms with Gasteiger partial charge in [0.05, 0.1) is 13.2 Å². The third-order valence-electron chi connectivity index (χ3n) is 2.98. The topological polar surface area (TPSA) is 54.9 Å². The van der Waals surface area contributed by atoms with Crippen molar-refractivity contribution in [1.29, 1.82) is 0 Å². The summed E-state index contributed by atoms with van der Waals surface area (Å²) in [4.78, 5) is 4.09. The van der Waals surface area contributed by atoms with Gasteiger partial charge in [-0.05, 0) is 18.1 Å². The summed E-state index contributed by atoms with van der Waals surface area (Å²) < 4.78 is 45.9. The molecule has 0 saturated carbocycles. The summed E-state index contributed by atoms with van der Waals surface area (Å²) >= 11 is 0. The fourth-order valence-corrected chi connectivity index (χ4v) is 1.83. The fraction of sp³-hybridized carbons (Fsp3) is 0.562. The maximum Gasteiger partial charge on any atom is 0.411 e. The predicted molar refractivity (Wildman–Crippen MR) is 102 cm³/mol. The van der Waals surface area contributed by atoms with Gasteiger partial charge in [0.1, 0.15) is 6.61 Å². The molecule has 0 atom stereocenters. The quantitative estimate of drug-likeness (QED) is 0.250. The van der Waals surface area contributed by atoms with Crippen molar-refractivity contribution in [3.05, 3.63) is 35.4 Å². The summed E-state index contributed by atoms with van der Waals surface area (Å²) in [6.07, 6.45) is -4.30. The molecule has 0 amide bonds. The molecule has 0 saturated heterocycles. The van der Waals surface area contributed by atoms with Crippen molar-refractivity contribution in [2.75, 3.05) is 33.4 Å². The number of rotatable bonds is 9. The number of benzene rings is 1. The first-order chi connectivity index (χ1) is 11.4. The maximum atomic E-state index is 12.0. The Morgan fingerprint density at radius 2 is 1.72 bits per heavy atom. The van der Waals surface area contributed by atoms with E-state index in [4.69, 9.17) is 4.74 Å². The predicted octanol–water partition coefficient (Wildman–Crippen LogP) is 3.09. The van der Waals surface area contributed by atoms with Crippen LogP contribution >= 0.6 is 24.0 Å². The number of guanidine groups is 1. The van der Waals surface area contributed by atoms with Crippen molar-refractivity contribution in [1.82, 2.24) is 10.6 Å². The molecule has 0 spiro atoms. The van der Waals surface area contributed by atoms with Crippen molar-refractivity contribution in [2.45, 2.75) is 26.3 Å². The van der Waals surface area contributed by atoms with Gasteiger partial charge < -0.3 is 20.1 Å². The average molecular weight is 475 g/mol. The summed E-state index contributed by atoms with van der Waals surface area (Å²) in [5.41, 5.74) is 1.68. The van der Waals surface area contributed by atoms with Crippen molar-refractivity contribution >= 4 is 29.9 Å². The van der Waals surface area contributed by atoms with Gasteiger partial charge in [0.15, 0.2) is 5.96 Å². The number of halogens is 4. The highest BCUT2D eigenvalue weighted by Crippen LogP contribution is 2.15. The van der Waals surface area contributed by atoms with Crippen LogP contribution in [-0.2, 0) is 22.6 Å². The molecule has 0 radical (unpaired) electrons. The van der Waals surface area contributed by atoms with Crippen LogP contribution < -0.4 is 10.6 Å². The van der Waals surface area contributed by atoms with E-state index in [0.717, 1.165) is 5.56 Å². The van der Waals surface area contributed by atoms with Gasteiger partial charge in [-0.15, -0.1) is 24.0 Å². The molecule has 25 heavy (non-hydrogen) atoms. The van der Waals surface area contributed by atoms with Crippen molar-refractivity contribution in [3.8, 4) is 0 Å². The largest absolute Gasteiger partial charge is 0.411 e. The van der Waals surface area contributed by atoms with Gasteiger partial charge in [0.25, 0.3) is 0 Å². The molecule has 0 unspecified atom stereocenters. The van der Waals surface area contributed by atoms with Gasteiger partial charge in [-0.1, -0.05) is 24.3 Å². The lowest BCUT2D eigenvalue weighted by molar-refractivity contribution is -0.176. The van der Waals surface area contributed by atoms with Crippen LogP contribution in [0.1, 0.15) is 18.1 Å². The van der Waals surface area contributed by atoms with E-state index < -0.39 is 12.8 Å². The molecule has 0 bridgehead atoms. The zero-order valence-electron chi connectivity index (χ0n) is 14.4. The molecule has 5 nitrogen and oxygen atoms in total. The van der Waals surface area contributed by atoms with E-state index in [-0.39, 0.29) is 30.6 Å². The molecule has 0 fully saturated rings. The summed E-state index contributed by atoms with van der Waals surface area (Å²) in [5.74, 6) is 0.660. The van der Waals surface area contributed by atoms with Gasteiger partial charge in [-0.25, -0.2) is 0 Å². The Bertz CT molecular complexity index is 496. The Morgan fingerprint density at radius 1 is 1.08 bits per heavy atom. The van der Waals surface area contributed by atoms with Crippen LogP contribution in [0.4, 0.5) is 13.2 Å². The molecular formula is C16H25F3IN3O2. The number of nitrogens with zero attached hydrogens (tertiary/aromatic N) is 1. The van der Waals surface area contributed by atoms with E-state index in [1.807, 2.05) is 19.1 Å². The summed E-state index contributed by atoms with van der Waals surface area (Å²) in [7, 11) is 1.68. The van der Waals surface area contributed by atoms with E-state index in [2.05, 4.69) is 20.4 Å². The molecular weight excluding hydrogens is 450 g/mol. The first-order valence-electron chi connectivity index (χ1n) is 7.69. The molecule has 0 aromatic heterocycles. The highest BCUT2D eigenvalue weighted by molar-refractivity contribution is 14.0. The Kier molecular flexibility index (Phi) is 12.6. The first kappa shape index (κ1) is 23.9. The third kappa shape index (κ3) is 12.0. The van der Waals surface area contributed by atoms with E-state index in [9.17, 15) is 13.2 Å². The van der Waals surface area contributed by atoms with Crippen LogP contribution in [0.3, 0.4) is 0 Å². The average Bonchev–Trinajstić information content (AvgIpc) is 2.54. The number of alkyl halides is 3. The zero-order chi connectivity index (χ0) is 17.8. The fourth-order valence-electron chi connectivity index (χ4n) is 1.83. The van der Waals surface area contributed by atoms with Crippen LogP contribution in [0.25, 0.3) is 0 Å². The minimum Gasteiger partial charge on any atom is -0.380 e. The Morgan fingerprint density at radius 3 is 2.28 bits per heavy atom. The van der Waals surface area contributed by atoms with Crippen LogP contribution in [-0.4, -0.2) is 45.5 Å². The van der Waals surface area contributed by atoms with Gasteiger partial charge in [-0.2, -0.15) is 13.2 Å². The third-order valence-corrected chi connectivity index (χ3v) is 2.98. The molecule has 0 aliphatic rings. The molecule has 0 heterocycles. The van der Waals surface area contributed by atoms with Crippen molar-refractivity contribution in [2.24, 2.45) is 4.99 Å². The minimum absolute atomic E-state index is 0. The normalized spacial score (nSPS) is 11.8. The monoisotopic (exact) mass is 475 g/mol. The lowest BCUT2D eigenvalue weighted by Crippen LogP contribution is -2.38. The lowest BCUT2D eigenvalue weighted by Gasteiger charge is -2.12. The van der Waals surface area contributed by atoms with Gasteiger partial charge in [0, 0.05) is 26.7 Å². The van der Waals surface area contributed by atoms with Gasteiger partial charge >= 0.3 is 6.18 Å². The number of hydrogen-bond donors (Lipinski definition) is 2. The second kappa shape index (κ2) is 13.2. The smallest absolute Gasteiger partial charge is 0.380 e. The highest BCUT2D eigenvalue weighted by atomic mass is 127.